The van der Waals surface area contributed by atoms with Gasteiger partial charge in [-0.05, 0) is 118 Å². The molecule has 2 amide bonds. The molecule has 28 heteroatoms. The number of H-pyrrole nitrogens is 1. The zero-order valence-electron chi connectivity index (χ0n) is 45.4. The molecule has 9 bridgehead atoms. The number of likely N-dealkylation sites (N-methyl/N-ethyl adjacent to an activating group) is 1. The number of Topliss-reactive ketones (excluding diaryl/α,β-unsaturated/α-hetero) is 1. The van der Waals surface area contributed by atoms with Gasteiger partial charge in [-0.1, -0.05) is 106 Å². The van der Waals surface area contributed by atoms with E-state index in [1.807, 2.05) is 0 Å². The molecule has 6 atom stereocenters. The summed E-state index contributed by atoms with van der Waals surface area (Å²) >= 11 is 38.1. The maximum absolute atomic E-state index is 15.5. The lowest BCUT2D eigenvalue weighted by Crippen LogP contribution is -2.46. The van der Waals surface area contributed by atoms with Crippen LogP contribution >= 0.6 is 69.6 Å². The predicted octanol–water partition coefficient (Wildman–Crippen LogP) is 12.6. The Balaban J connectivity index is 1.22. The number of ether oxygens (including phenoxy) is 1. The average molecular weight is 1330 g/mol. The molecule has 4 aliphatic rings. The van der Waals surface area contributed by atoms with Gasteiger partial charge in [0.25, 0.3) is 11.8 Å². The number of halogens is 6. The average Bonchev–Trinajstić information content (AvgIpc) is 1.98. The van der Waals surface area contributed by atoms with Crippen LogP contribution in [0, 0.1) is 0 Å². The van der Waals surface area contributed by atoms with Gasteiger partial charge in [-0.3, -0.25) is 14.4 Å². The van der Waals surface area contributed by atoms with Crippen molar-refractivity contribution in [1.29, 1.82) is 0 Å². The number of phenols is 5. The summed E-state index contributed by atoms with van der Waals surface area (Å²) < 4.78 is 6.39. The number of benzene rings is 7. The predicted molar refractivity (Wildman–Crippen MR) is 333 cm³/mol. The quantitative estimate of drug-likeness (QED) is 0.0276. The van der Waals surface area contributed by atoms with Crippen LogP contribution in [0.15, 0.2) is 141 Å². The van der Waals surface area contributed by atoms with Crippen LogP contribution in [0.3, 0.4) is 0 Å². The van der Waals surface area contributed by atoms with Crippen LogP contribution in [-0.4, -0.2) is 127 Å². The van der Waals surface area contributed by atoms with Crippen molar-refractivity contribution in [3.05, 3.63) is 191 Å². The van der Waals surface area contributed by atoms with Gasteiger partial charge in [0.05, 0.1) is 30.1 Å². The molecule has 0 spiro atoms. The number of carboxylic acids is 1. The molecule has 8 aromatic rings. The van der Waals surface area contributed by atoms with Crippen molar-refractivity contribution >= 4 is 128 Å². The van der Waals surface area contributed by atoms with E-state index in [1.165, 1.54) is 61.8 Å². The van der Waals surface area contributed by atoms with Gasteiger partial charge in [0, 0.05) is 48.1 Å². The topological polar surface area (TPSA) is 360 Å². The first kappa shape index (κ1) is 62.6. The van der Waals surface area contributed by atoms with E-state index in [0.29, 0.717) is 27.6 Å². The Morgan fingerprint density at radius 1 is 0.629 bits per heavy atom. The summed E-state index contributed by atoms with van der Waals surface area (Å²) in [5, 5.41) is 115. The molecule has 89 heavy (non-hydrogen) atoms. The molecular weight excluding hydrogens is 1280 g/mol. The van der Waals surface area contributed by atoms with E-state index in [0.717, 1.165) is 41.3 Å². The van der Waals surface area contributed by atoms with Crippen LogP contribution < -0.4 is 10.1 Å². The van der Waals surface area contributed by atoms with Crippen LogP contribution in [0.2, 0.25) is 30.1 Å². The summed E-state index contributed by atoms with van der Waals surface area (Å²) in [5.41, 5.74) is 0.629. The van der Waals surface area contributed by atoms with Gasteiger partial charge >= 0.3 is 5.97 Å². The first-order valence-electron chi connectivity index (χ1n) is 26.2. The number of carbonyl (C=O) groups is 4. The molecule has 0 fully saturated rings. The van der Waals surface area contributed by atoms with Crippen molar-refractivity contribution < 1.29 is 75.0 Å². The lowest BCUT2D eigenvalue weighted by atomic mass is 9.95. The van der Waals surface area contributed by atoms with Crippen LogP contribution in [0.4, 0.5) is 0 Å². The number of aliphatic imine (C=N–C) groups is 4. The second-order valence-electron chi connectivity index (χ2n) is 20.4. The maximum Gasteiger partial charge on any atom is 0.333 e. The lowest BCUT2D eigenvalue weighted by Gasteiger charge is -2.30. The Labute approximate surface area is 532 Å². The minimum Gasteiger partial charge on any atom is -0.508 e. The van der Waals surface area contributed by atoms with Gasteiger partial charge in [0.15, 0.2) is 52.9 Å². The molecule has 0 radical (unpaired) electrons. The number of aliphatic carboxylic acids is 1. The lowest BCUT2D eigenvalue weighted by molar-refractivity contribution is -0.138. The second kappa shape index (κ2) is 25.4. The fourth-order valence-corrected chi connectivity index (χ4v) is 11.5. The summed E-state index contributed by atoms with van der Waals surface area (Å²) in [7, 11) is 1.21. The van der Waals surface area contributed by atoms with E-state index in [1.54, 1.807) is 30.3 Å². The fourth-order valence-electron chi connectivity index (χ4n) is 9.97. The number of phenolic OH excluding ortho intramolecular Hbond substituents is 5. The van der Waals surface area contributed by atoms with Crippen LogP contribution in [0.1, 0.15) is 67.9 Å². The number of carbonyl (C=O) groups excluding carboxylic acids is 3. The van der Waals surface area contributed by atoms with Crippen LogP contribution in [-0.2, 0) is 27.2 Å². The van der Waals surface area contributed by atoms with Gasteiger partial charge in [0.1, 0.15) is 23.6 Å². The maximum atomic E-state index is 15.5. The van der Waals surface area contributed by atoms with E-state index >= 15 is 4.79 Å². The normalized spacial score (nSPS) is 18.5. The number of aromatic amines is 1. The van der Waals surface area contributed by atoms with Gasteiger partial charge < -0.3 is 71.0 Å². The van der Waals surface area contributed by atoms with Crippen molar-refractivity contribution in [2.24, 2.45) is 20.0 Å². The molecule has 12 rings (SSSR count). The van der Waals surface area contributed by atoms with E-state index in [-0.39, 0.29) is 73.5 Å². The number of hydrogen-bond acceptors (Lipinski definition) is 14. The Hall–Kier alpha value is -9.42. The number of aromatic nitrogens is 1. The highest BCUT2D eigenvalue weighted by atomic mass is 35.5. The Kier molecular flexibility index (Phi) is 17.8. The number of rotatable bonds is 9. The van der Waals surface area contributed by atoms with E-state index in [2.05, 4.69) is 30.3 Å². The van der Waals surface area contributed by atoms with Gasteiger partial charge in [-0.2, -0.15) is 0 Å². The minimum atomic E-state index is -2.07. The van der Waals surface area contributed by atoms with Crippen LogP contribution in [0.5, 0.6) is 40.2 Å². The third-order valence-electron chi connectivity index (χ3n) is 14.6. The Morgan fingerprint density at radius 3 is 1.73 bits per heavy atom. The molecule has 1 aromatic heterocycles. The highest BCUT2D eigenvalue weighted by Gasteiger charge is 2.37. The van der Waals surface area contributed by atoms with Crippen LogP contribution in [0.25, 0.3) is 22.0 Å². The summed E-state index contributed by atoms with van der Waals surface area (Å²) in [5.74, 6) is -12.0. The molecular formula is C61H45Cl6N7O15. The monoisotopic (exact) mass is 1330 g/mol. The van der Waals surface area contributed by atoms with Gasteiger partial charge in [-0.15, -0.1) is 0 Å². The molecule has 0 saturated carbocycles. The van der Waals surface area contributed by atoms with Crippen molar-refractivity contribution in [3.8, 4) is 51.4 Å². The number of hydrogen-bond donors (Lipinski definition) is 12. The summed E-state index contributed by atoms with van der Waals surface area (Å²) in [6.45, 7) is 0. The van der Waals surface area contributed by atoms with E-state index in [9.17, 15) is 65.4 Å². The number of aromatic hydroxyl groups is 5. The van der Waals surface area contributed by atoms with Crippen molar-refractivity contribution in [2.45, 2.75) is 49.1 Å². The number of ketones is 1. The number of aliphatic hydroxyl groups excluding tert-OH is 4. The molecule has 7 aromatic carbocycles. The largest absolute Gasteiger partial charge is 0.508 e. The number of aliphatic hydroxyl groups is 4. The number of carboxylic acid groups (broad SMARTS) is 1. The van der Waals surface area contributed by atoms with Gasteiger partial charge in [-0.25, -0.2) is 24.8 Å². The first-order chi connectivity index (χ1) is 42.2. The number of nitrogens with zero attached hydrogens (tertiary/aromatic N) is 5. The van der Waals surface area contributed by atoms with Crippen molar-refractivity contribution in [2.75, 3.05) is 7.05 Å². The summed E-state index contributed by atoms with van der Waals surface area (Å²) in [4.78, 5) is 77.8. The standard InChI is InChI=1S/C61H45Cl6N7O15/c1-74-44(56(82)73-49(61(87)88)25-4-7-32(75)8-5-25)12-24-2-9-33(10-3-24)89-45-22-27-13-35(51(45)77)26-6-11-34-31(23-68-42(34)20-26)21-43(69-59(85)50(76)30-18-40(66)54(80)41(67)19-30)55(81)70-47(28-14-36(62)52(78)37(63)15-28)57(83)71-46(27)58(84)72-48(60(74)86)29-16-38(64)53(79)39(65)17-29/h2-11,13-20,22-23,43-44,46-49,68,75,77-80H,12,21H2,1H3,(H,69,85)(H,70,81)(H,71,83)(H,72,84)(H,73,82)(H,87,88)/t43-,44+,46-,47-,48-,49-/m1/s1. The molecule has 5 heterocycles. The Bertz CT molecular complexity index is 4280. The molecule has 0 saturated heterocycles. The molecule has 0 unspecified atom stereocenters. The molecule has 22 nitrogen and oxygen atoms in total. The zero-order valence-corrected chi connectivity index (χ0v) is 50.0. The second-order valence-corrected chi connectivity index (χ2v) is 22.9. The molecule has 456 valence electrons. The Morgan fingerprint density at radius 2 is 1.16 bits per heavy atom. The fraction of sp³-hybridized carbons (Fsp3) is 0.148. The third kappa shape index (κ3) is 13.0. The number of amides is 2. The molecule has 0 aliphatic carbocycles. The van der Waals surface area contributed by atoms with E-state index in [4.69, 9.17) is 74.3 Å². The first-order valence-corrected chi connectivity index (χ1v) is 28.5. The summed E-state index contributed by atoms with van der Waals surface area (Å²) in [6, 6.07) is 13.7. The third-order valence-corrected chi connectivity index (χ3v) is 16.4. The van der Waals surface area contributed by atoms with E-state index < -0.39 is 126 Å². The molecule has 4 aliphatic heterocycles. The number of nitrogens with one attached hydrogen (secondary N) is 2. The molecule has 12 N–H and O–H groups in total. The van der Waals surface area contributed by atoms with Crippen molar-refractivity contribution in [1.82, 2.24) is 15.2 Å². The van der Waals surface area contributed by atoms with Gasteiger partial charge in [0.2, 0.25) is 29.4 Å². The van der Waals surface area contributed by atoms with Crippen molar-refractivity contribution in [3.63, 3.8) is 0 Å². The zero-order chi connectivity index (χ0) is 64.0. The highest BCUT2D eigenvalue weighted by Crippen LogP contribution is 2.46. The smallest absolute Gasteiger partial charge is 0.333 e. The highest BCUT2D eigenvalue weighted by molar-refractivity contribution is 6.45. The minimum absolute atomic E-state index is 0.0179. The SMILES string of the molecule is CN1C(=O)[C@@H](c2cc(Cl)c(O)c(Cl)c2)N=C(O)[C@@H]2N=C(O)[C@@H](c3cc(Cl)c(O)c(Cl)c3)N=C(O)[C@H](NC(=O)C(=O)c3cc(Cl)c(O)c(Cl)c3)Cc3c[nH]c4cc(ccc34)-c3cc2cc(c3O)Oc2ccc(cc2)C[C@H]1C(O)=N[C@@H](C(=O)O)c1ccc(O)cc1. The summed E-state index contributed by atoms with van der Waals surface area (Å²) in [6.07, 6.45) is 0.893. The number of fused-ring (bicyclic) bond motifs is 12.